The number of hydrogen-bond acceptors (Lipinski definition) is 4. The fourth-order valence-corrected chi connectivity index (χ4v) is 4.94. The molecule has 2 aromatic carbocycles. The highest BCUT2D eigenvalue weighted by molar-refractivity contribution is 7.99. The molecule has 2 aromatic rings. The highest BCUT2D eigenvalue weighted by atomic mass is 35.5. The Hall–Kier alpha value is -1.91. The number of nitrogens with zero attached hydrogens (tertiary/aromatic N) is 3. The molecule has 3 aliphatic heterocycles. The van der Waals surface area contributed by atoms with Gasteiger partial charge in [0.25, 0.3) is 0 Å². The zero-order chi connectivity index (χ0) is 16.8. The first kappa shape index (κ1) is 15.4. The molecule has 3 nitrogen and oxygen atoms in total. The van der Waals surface area contributed by atoms with Gasteiger partial charge in [-0.1, -0.05) is 35.5 Å². The van der Waals surface area contributed by atoms with E-state index >= 15 is 0 Å². The van der Waals surface area contributed by atoms with Crippen LogP contribution in [0.3, 0.4) is 0 Å². The van der Waals surface area contributed by atoms with Gasteiger partial charge >= 0.3 is 0 Å². The normalized spacial score (nSPS) is 18.8. The lowest BCUT2D eigenvalue weighted by molar-refractivity contribution is 0.541. The Bertz CT molecular complexity index is 906. The van der Waals surface area contributed by atoms with Crippen LogP contribution < -0.4 is 4.90 Å². The number of amidine groups is 1. The van der Waals surface area contributed by atoms with Crippen molar-refractivity contribution in [1.29, 1.82) is 0 Å². The highest BCUT2D eigenvalue weighted by Gasteiger charge is 2.32. The fraction of sp³-hybridized carbons (Fsp3) is 0.250. The summed E-state index contributed by atoms with van der Waals surface area (Å²) in [4.78, 5) is 12.0. The zero-order valence-electron chi connectivity index (χ0n) is 13.8. The maximum atomic E-state index is 6.35. The second kappa shape index (κ2) is 6.11. The summed E-state index contributed by atoms with van der Waals surface area (Å²) >= 11 is 8.16. The van der Waals surface area contributed by atoms with E-state index < -0.39 is 0 Å². The first-order valence-electron chi connectivity index (χ1n) is 8.69. The lowest BCUT2D eigenvalue weighted by atomic mass is 10.2. The summed E-state index contributed by atoms with van der Waals surface area (Å²) in [6, 6.07) is 14.8. The molecule has 126 valence electrons. The van der Waals surface area contributed by atoms with E-state index in [-0.39, 0.29) is 0 Å². The number of rotatable bonds is 1. The van der Waals surface area contributed by atoms with Crippen LogP contribution >= 0.6 is 23.4 Å². The average Bonchev–Trinajstić information content (AvgIpc) is 3.31. The van der Waals surface area contributed by atoms with Gasteiger partial charge in [-0.3, -0.25) is 9.89 Å². The largest absolute Gasteiger partial charge is 0.316 e. The molecule has 5 rings (SSSR count). The summed E-state index contributed by atoms with van der Waals surface area (Å²) < 4.78 is 0. The number of fused-ring (bicyclic) bond motifs is 2. The molecule has 0 N–H and O–H groups in total. The first-order valence-corrected chi connectivity index (χ1v) is 9.88. The highest BCUT2D eigenvalue weighted by Crippen LogP contribution is 2.51. The van der Waals surface area contributed by atoms with Crippen molar-refractivity contribution in [3.8, 4) is 0 Å². The van der Waals surface area contributed by atoms with Crippen molar-refractivity contribution >= 4 is 40.6 Å². The van der Waals surface area contributed by atoms with Crippen molar-refractivity contribution in [2.45, 2.75) is 29.1 Å². The van der Waals surface area contributed by atoms with Crippen molar-refractivity contribution in [1.82, 2.24) is 4.90 Å². The zero-order valence-corrected chi connectivity index (χ0v) is 15.4. The Morgan fingerprint density at radius 3 is 2.80 bits per heavy atom. The molecule has 0 bridgehead atoms. The summed E-state index contributed by atoms with van der Waals surface area (Å²) in [6.07, 6.45) is 5.62. The Morgan fingerprint density at radius 1 is 1.04 bits per heavy atom. The molecule has 0 fully saturated rings. The third kappa shape index (κ3) is 2.55. The molecule has 25 heavy (non-hydrogen) atoms. The van der Waals surface area contributed by atoms with Crippen LogP contribution in [-0.4, -0.2) is 23.8 Å². The molecule has 0 atom stereocenters. The third-order valence-corrected chi connectivity index (χ3v) is 6.20. The third-order valence-electron chi connectivity index (χ3n) is 4.84. The van der Waals surface area contributed by atoms with Gasteiger partial charge in [0.1, 0.15) is 11.7 Å². The molecule has 0 aromatic heterocycles. The minimum absolute atomic E-state index is 0.770. The smallest absolute Gasteiger partial charge is 0.115 e. The van der Waals surface area contributed by atoms with Gasteiger partial charge in [0, 0.05) is 34.3 Å². The summed E-state index contributed by atoms with van der Waals surface area (Å²) in [7, 11) is 0. The molecule has 0 saturated heterocycles. The summed E-state index contributed by atoms with van der Waals surface area (Å²) in [6.45, 7) is 1.96. The Balaban J connectivity index is 1.66. The molecule has 0 unspecified atom stereocenters. The van der Waals surface area contributed by atoms with Crippen molar-refractivity contribution < 1.29 is 0 Å². The second-order valence-corrected chi connectivity index (χ2v) is 7.94. The molecule has 0 saturated carbocycles. The summed E-state index contributed by atoms with van der Waals surface area (Å²) in [5.41, 5.74) is 2.38. The van der Waals surface area contributed by atoms with Crippen molar-refractivity contribution in [2.24, 2.45) is 4.99 Å². The maximum absolute atomic E-state index is 6.35. The second-order valence-electron chi connectivity index (χ2n) is 6.42. The van der Waals surface area contributed by atoms with Crippen LogP contribution in [0.4, 0.5) is 11.4 Å². The van der Waals surface area contributed by atoms with E-state index in [4.69, 9.17) is 16.6 Å². The summed E-state index contributed by atoms with van der Waals surface area (Å²) in [5, 5.41) is 0.770. The van der Waals surface area contributed by atoms with Gasteiger partial charge in [-0.05, 0) is 49.2 Å². The van der Waals surface area contributed by atoms with Crippen LogP contribution in [0.5, 0.6) is 0 Å². The number of aliphatic imine (C=N–C) groups is 1. The van der Waals surface area contributed by atoms with Crippen LogP contribution in [-0.2, 0) is 0 Å². The Morgan fingerprint density at radius 2 is 1.92 bits per heavy atom. The van der Waals surface area contributed by atoms with Crippen molar-refractivity contribution in [3.05, 3.63) is 59.4 Å². The average molecular weight is 368 g/mol. The van der Waals surface area contributed by atoms with E-state index in [1.807, 2.05) is 17.8 Å². The molecule has 3 heterocycles. The van der Waals surface area contributed by atoms with Gasteiger partial charge in [-0.2, -0.15) is 0 Å². The molecule has 0 amide bonds. The predicted octanol–water partition coefficient (Wildman–Crippen LogP) is 5.68. The molecular formula is C20H18ClN3S. The van der Waals surface area contributed by atoms with Crippen LogP contribution in [0.1, 0.15) is 19.3 Å². The molecule has 0 aliphatic carbocycles. The molecular weight excluding hydrogens is 350 g/mol. The van der Waals surface area contributed by atoms with E-state index in [9.17, 15) is 0 Å². The van der Waals surface area contributed by atoms with Gasteiger partial charge in [-0.15, -0.1) is 0 Å². The Kier molecular flexibility index (Phi) is 3.75. The predicted molar refractivity (Wildman–Crippen MR) is 105 cm³/mol. The number of halogens is 1. The molecule has 0 spiro atoms. The number of anilines is 2. The van der Waals surface area contributed by atoms with E-state index in [0.29, 0.717) is 0 Å². The van der Waals surface area contributed by atoms with Crippen molar-refractivity contribution in [3.63, 3.8) is 0 Å². The minimum Gasteiger partial charge on any atom is -0.316 e. The van der Waals surface area contributed by atoms with Gasteiger partial charge in [0.05, 0.1) is 11.4 Å². The van der Waals surface area contributed by atoms with Gasteiger partial charge in [-0.25, -0.2) is 0 Å². The number of benzene rings is 2. The molecule has 0 radical (unpaired) electrons. The monoisotopic (exact) mass is 367 g/mol. The van der Waals surface area contributed by atoms with Crippen LogP contribution in [0.2, 0.25) is 5.02 Å². The SMILES string of the molecule is Clc1ccc2c(c1)N(C1=CCCN1C1=NCCC1)c1ccccc1S2. The van der Waals surface area contributed by atoms with E-state index in [0.717, 1.165) is 43.1 Å². The van der Waals surface area contributed by atoms with Gasteiger partial charge in [0.2, 0.25) is 0 Å². The summed E-state index contributed by atoms with van der Waals surface area (Å²) in [5.74, 6) is 2.44. The van der Waals surface area contributed by atoms with Crippen LogP contribution in [0.25, 0.3) is 0 Å². The van der Waals surface area contributed by atoms with E-state index in [1.165, 1.54) is 27.1 Å². The Labute approximate surface area is 157 Å². The van der Waals surface area contributed by atoms with Crippen molar-refractivity contribution in [2.75, 3.05) is 18.0 Å². The topological polar surface area (TPSA) is 18.8 Å². The van der Waals surface area contributed by atoms with E-state index in [2.05, 4.69) is 52.3 Å². The molecule has 3 aliphatic rings. The van der Waals surface area contributed by atoms with Gasteiger partial charge in [0.15, 0.2) is 0 Å². The minimum atomic E-state index is 0.770. The standard InChI is InChI=1S/C20H18ClN3S/c21-14-9-10-18-16(13-14)24(15-5-1-2-6-17(15)25-18)20-8-4-12-23(20)19-7-3-11-22-19/h1-2,5-6,8-10,13H,3-4,7,11-12H2. The number of para-hydroxylation sites is 1. The van der Waals surface area contributed by atoms with Crippen LogP contribution in [0, 0.1) is 0 Å². The molecule has 5 heteroatoms. The fourth-order valence-electron chi connectivity index (χ4n) is 3.74. The quantitative estimate of drug-likeness (QED) is 0.646. The first-order chi connectivity index (χ1) is 12.3. The van der Waals surface area contributed by atoms with Gasteiger partial charge < -0.3 is 4.90 Å². The number of hydrogen-bond donors (Lipinski definition) is 0. The lowest BCUT2D eigenvalue weighted by Crippen LogP contribution is -2.35. The maximum Gasteiger partial charge on any atom is 0.115 e. The van der Waals surface area contributed by atoms with E-state index in [1.54, 1.807) is 0 Å². The van der Waals surface area contributed by atoms with Crippen LogP contribution in [0.15, 0.2) is 69.1 Å². The lowest BCUT2D eigenvalue weighted by Gasteiger charge is -2.37.